The van der Waals surface area contributed by atoms with Gasteiger partial charge in [0.05, 0.1) is 29.2 Å². The molecule has 0 aliphatic heterocycles. The second-order valence-electron chi connectivity index (χ2n) is 7.87. The maximum atomic E-state index is 13.0. The number of pyridine rings is 1. The van der Waals surface area contributed by atoms with Crippen LogP contribution in [0.2, 0.25) is 0 Å². The summed E-state index contributed by atoms with van der Waals surface area (Å²) in [5.41, 5.74) is 7.05. The highest BCUT2D eigenvalue weighted by atomic mass is 32.2. The molecule has 180 valence electrons. The van der Waals surface area contributed by atoms with Crippen LogP contribution in [0.1, 0.15) is 42.4 Å². The van der Waals surface area contributed by atoms with E-state index in [4.69, 9.17) is 10.2 Å². The Morgan fingerprint density at radius 1 is 1.12 bits per heavy atom. The molecule has 11 heteroatoms. The number of carbonyl (C=O) groups is 2. The van der Waals surface area contributed by atoms with Gasteiger partial charge in [0.2, 0.25) is 17.6 Å². The number of carbonyl (C=O) groups excluding carboxylic acids is 2. The average Bonchev–Trinajstić information content (AvgIpc) is 3.32. The first-order chi connectivity index (χ1) is 16.3. The number of benzene rings is 1. The van der Waals surface area contributed by atoms with E-state index in [1.54, 1.807) is 48.7 Å². The fourth-order valence-corrected chi connectivity index (χ4v) is 4.79. The van der Waals surface area contributed by atoms with E-state index >= 15 is 0 Å². The molecule has 2 atom stereocenters. The number of unbranched alkanes of at least 4 members (excludes halogenated alkanes) is 1. The monoisotopic (exact) mass is 485 g/mol. The van der Waals surface area contributed by atoms with Crippen molar-refractivity contribution in [2.45, 2.75) is 44.0 Å². The summed E-state index contributed by atoms with van der Waals surface area (Å²) >= 11 is 0. The lowest BCUT2D eigenvalue weighted by molar-refractivity contribution is -0.122. The molecule has 0 fully saturated rings. The summed E-state index contributed by atoms with van der Waals surface area (Å²) in [5.74, 6) is -2.21. The molecule has 0 spiro atoms. The maximum Gasteiger partial charge on any atom is 0.286 e. The van der Waals surface area contributed by atoms with Crippen molar-refractivity contribution in [2.75, 3.05) is 5.75 Å². The first-order valence-corrected chi connectivity index (χ1v) is 12.7. The van der Waals surface area contributed by atoms with Crippen LogP contribution in [-0.4, -0.2) is 53.1 Å². The van der Waals surface area contributed by atoms with E-state index in [-0.39, 0.29) is 17.5 Å². The number of ketones is 1. The second kappa shape index (κ2) is 11.6. The summed E-state index contributed by atoms with van der Waals surface area (Å²) in [6.45, 7) is 1.94. The van der Waals surface area contributed by atoms with Crippen LogP contribution in [0.25, 0.3) is 11.5 Å². The normalized spacial score (nSPS) is 13.2. The second-order valence-corrected chi connectivity index (χ2v) is 9.98. The van der Waals surface area contributed by atoms with Gasteiger partial charge in [0.15, 0.2) is 9.84 Å². The Balaban J connectivity index is 1.67. The largest absolute Gasteiger partial charge is 0.413 e. The molecular formula is C23H27N5O5S. The smallest absolute Gasteiger partial charge is 0.286 e. The minimum Gasteiger partial charge on any atom is -0.413 e. The van der Waals surface area contributed by atoms with Crippen molar-refractivity contribution < 1.29 is 22.4 Å². The van der Waals surface area contributed by atoms with Gasteiger partial charge in [-0.15, -0.1) is 10.2 Å². The number of nitrogens with two attached hydrogens (primary N) is 1. The van der Waals surface area contributed by atoms with Gasteiger partial charge in [-0.2, -0.15) is 0 Å². The summed E-state index contributed by atoms with van der Waals surface area (Å²) in [7, 11) is -3.65. The number of Topliss-reactive ketones (excluding diaryl/α,β-unsaturated/α-hetero) is 1. The molecular weight excluding hydrogens is 458 g/mol. The highest BCUT2D eigenvalue weighted by Crippen LogP contribution is 2.18. The zero-order valence-electron chi connectivity index (χ0n) is 18.8. The number of nitrogens with one attached hydrogen (secondary N) is 1. The van der Waals surface area contributed by atoms with Crippen LogP contribution in [0.15, 0.2) is 59.3 Å². The molecule has 2 aromatic heterocycles. The van der Waals surface area contributed by atoms with Crippen LogP contribution < -0.4 is 11.1 Å². The topological polar surface area (TPSA) is 158 Å². The van der Waals surface area contributed by atoms with E-state index in [1.165, 1.54) is 6.20 Å². The summed E-state index contributed by atoms with van der Waals surface area (Å²) in [5, 5.41) is 10.3. The van der Waals surface area contributed by atoms with Gasteiger partial charge in [0.25, 0.3) is 5.89 Å². The molecule has 34 heavy (non-hydrogen) atoms. The van der Waals surface area contributed by atoms with Gasteiger partial charge in [0, 0.05) is 12.4 Å². The van der Waals surface area contributed by atoms with Crippen LogP contribution in [0.4, 0.5) is 0 Å². The van der Waals surface area contributed by atoms with Crippen molar-refractivity contribution in [3.8, 4) is 11.5 Å². The number of rotatable bonds is 12. The number of nitrogens with zero attached hydrogens (tertiary/aromatic N) is 3. The lowest BCUT2D eigenvalue weighted by atomic mass is 10.0. The highest BCUT2D eigenvalue weighted by Gasteiger charge is 2.30. The fourth-order valence-electron chi connectivity index (χ4n) is 3.27. The minimum atomic E-state index is -3.65. The van der Waals surface area contributed by atoms with Crippen LogP contribution in [0.5, 0.6) is 0 Å². The molecule has 2 unspecified atom stereocenters. The van der Waals surface area contributed by atoms with Crippen molar-refractivity contribution in [3.63, 3.8) is 0 Å². The summed E-state index contributed by atoms with van der Waals surface area (Å²) in [6, 6.07) is 9.72. The molecule has 3 rings (SSSR count). The van der Waals surface area contributed by atoms with Crippen molar-refractivity contribution in [2.24, 2.45) is 5.73 Å². The first kappa shape index (κ1) is 25.2. The average molecular weight is 486 g/mol. The molecule has 0 saturated carbocycles. The summed E-state index contributed by atoms with van der Waals surface area (Å²) in [6.07, 6.45) is 4.84. The van der Waals surface area contributed by atoms with Crippen molar-refractivity contribution in [1.82, 2.24) is 20.5 Å². The Kier molecular flexibility index (Phi) is 8.61. The van der Waals surface area contributed by atoms with Gasteiger partial charge in [-0.1, -0.05) is 50.1 Å². The Morgan fingerprint density at radius 3 is 2.56 bits per heavy atom. The number of hydrogen-bond donors (Lipinski definition) is 2. The van der Waals surface area contributed by atoms with Crippen LogP contribution >= 0.6 is 0 Å². The number of hydrogen-bond acceptors (Lipinski definition) is 9. The number of sulfone groups is 1. The van der Waals surface area contributed by atoms with E-state index in [0.717, 1.165) is 6.42 Å². The van der Waals surface area contributed by atoms with Crippen molar-refractivity contribution >= 4 is 21.5 Å². The quantitative estimate of drug-likeness (QED) is 0.366. The molecule has 1 amide bonds. The third-order valence-electron chi connectivity index (χ3n) is 5.02. The van der Waals surface area contributed by atoms with E-state index in [0.29, 0.717) is 24.0 Å². The summed E-state index contributed by atoms with van der Waals surface area (Å²) in [4.78, 5) is 29.6. The lowest BCUT2D eigenvalue weighted by Gasteiger charge is -2.19. The Labute approximate surface area is 197 Å². The summed E-state index contributed by atoms with van der Waals surface area (Å²) < 4.78 is 30.5. The van der Waals surface area contributed by atoms with E-state index < -0.39 is 39.4 Å². The van der Waals surface area contributed by atoms with Crippen molar-refractivity contribution in [1.29, 1.82) is 0 Å². The Hall–Kier alpha value is -3.44. The van der Waals surface area contributed by atoms with Crippen LogP contribution in [0.3, 0.4) is 0 Å². The standard InChI is InChI=1S/C23H27N5O5S/c1-2-3-11-19(20(29)23-28-27-22(33-23)17-10-7-12-25-13-17)26-21(30)18(24)15-34(31,32)14-16-8-5-4-6-9-16/h4-10,12-13,18-19H,2-3,11,14-15,24H2,1H3,(H,26,30). The van der Waals surface area contributed by atoms with Gasteiger partial charge < -0.3 is 15.5 Å². The predicted molar refractivity (Wildman–Crippen MR) is 125 cm³/mol. The molecule has 0 aliphatic rings. The third-order valence-corrected chi connectivity index (χ3v) is 6.66. The number of aromatic nitrogens is 3. The van der Waals surface area contributed by atoms with E-state index in [9.17, 15) is 18.0 Å². The third kappa shape index (κ3) is 7.03. The molecule has 3 aromatic rings. The molecule has 2 heterocycles. The highest BCUT2D eigenvalue weighted by molar-refractivity contribution is 7.90. The zero-order valence-corrected chi connectivity index (χ0v) is 19.6. The van der Waals surface area contributed by atoms with Crippen LogP contribution in [-0.2, 0) is 20.4 Å². The van der Waals surface area contributed by atoms with E-state index in [1.807, 2.05) is 6.92 Å². The van der Waals surface area contributed by atoms with Gasteiger partial charge in [-0.05, 0) is 24.1 Å². The fraction of sp³-hybridized carbons (Fsp3) is 0.348. The molecule has 0 saturated heterocycles. The Bertz CT molecular complexity index is 1200. The molecule has 0 radical (unpaired) electrons. The van der Waals surface area contributed by atoms with Gasteiger partial charge in [-0.25, -0.2) is 8.42 Å². The number of amides is 1. The van der Waals surface area contributed by atoms with Gasteiger partial charge in [-0.3, -0.25) is 14.6 Å². The lowest BCUT2D eigenvalue weighted by Crippen LogP contribution is -2.51. The molecule has 3 N–H and O–H groups in total. The Morgan fingerprint density at radius 2 is 1.88 bits per heavy atom. The maximum absolute atomic E-state index is 13.0. The zero-order chi connectivity index (χ0) is 24.6. The predicted octanol–water partition coefficient (Wildman–Crippen LogP) is 1.93. The first-order valence-electron chi connectivity index (χ1n) is 10.9. The molecule has 0 aliphatic carbocycles. The minimum absolute atomic E-state index is 0.126. The van der Waals surface area contributed by atoms with Crippen LogP contribution in [0, 0.1) is 0 Å². The van der Waals surface area contributed by atoms with E-state index in [2.05, 4.69) is 20.5 Å². The molecule has 10 nitrogen and oxygen atoms in total. The molecule has 0 bridgehead atoms. The van der Waals surface area contributed by atoms with Crippen molar-refractivity contribution in [3.05, 3.63) is 66.3 Å². The SMILES string of the molecule is CCCCC(NC(=O)C(N)CS(=O)(=O)Cc1ccccc1)C(=O)c1nnc(-c2cccnc2)o1. The van der Waals surface area contributed by atoms with Gasteiger partial charge in [0.1, 0.15) is 0 Å². The molecule has 1 aromatic carbocycles. The van der Waals surface area contributed by atoms with Gasteiger partial charge >= 0.3 is 0 Å².